The summed E-state index contributed by atoms with van der Waals surface area (Å²) in [5.41, 5.74) is -0.124. The monoisotopic (exact) mass is 375 g/mol. The first-order valence-corrected chi connectivity index (χ1v) is 8.95. The van der Waals surface area contributed by atoms with Crippen LogP contribution in [0.25, 0.3) is 0 Å². The standard InChI is InChI=1S/C19H25N3O5/c1-3-20-18(26)21-16(24)13-27-17(25)19(15-7-5-4-6-8-15)9-11-22(12-10-19)14(2)23/h4-8H,3,9-13H2,1-2H3,(H2,20,21,24,26). The van der Waals surface area contributed by atoms with Crippen molar-refractivity contribution in [3.8, 4) is 0 Å². The number of nitrogens with zero attached hydrogens (tertiary/aromatic N) is 1. The third kappa shape index (κ3) is 5.06. The fourth-order valence-corrected chi connectivity index (χ4v) is 3.21. The molecule has 4 amide bonds. The van der Waals surface area contributed by atoms with Crippen molar-refractivity contribution in [1.29, 1.82) is 0 Å². The summed E-state index contributed by atoms with van der Waals surface area (Å²) in [5.74, 6) is -1.26. The van der Waals surface area contributed by atoms with Crippen molar-refractivity contribution in [2.24, 2.45) is 0 Å². The number of nitrogens with one attached hydrogen (secondary N) is 2. The predicted molar refractivity (Wildman–Crippen MR) is 97.8 cm³/mol. The highest BCUT2D eigenvalue weighted by molar-refractivity contribution is 5.96. The number of urea groups is 1. The van der Waals surface area contributed by atoms with E-state index in [-0.39, 0.29) is 5.91 Å². The van der Waals surface area contributed by atoms with Crippen LogP contribution in [-0.2, 0) is 24.5 Å². The first kappa shape index (κ1) is 20.4. The Hall–Kier alpha value is -2.90. The Morgan fingerprint density at radius 2 is 1.74 bits per heavy atom. The van der Waals surface area contributed by atoms with Crippen molar-refractivity contribution in [3.05, 3.63) is 35.9 Å². The van der Waals surface area contributed by atoms with Crippen molar-refractivity contribution in [2.75, 3.05) is 26.2 Å². The molecule has 0 spiro atoms. The summed E-state index contributed by atoms with van der Waals surface area (Å²) in [6, 6.07) is 8.59. The molecule has 8 heteroatoms. The van der Waals surface area contributed by atoms with Gasteiger partial charge in [0.05, 0.1) is 5.41 Å². The summed E-state index contributed by atoms with van der Waals surface area (Å²) >= 11 is 0. The topological polar surface area (TPSA) is 105 Å². The molecule has 2 rings (SSSR count). The van der Waals surface area contributed by atoms with E-state index in [9.17, 15) is 19.2 Å². The molecule has 1 saturated heterocycles. The van der Waals surface area contributed by atoms with Crippen LogP contribution in [0.4, 0.5) is 4.79 Å². The molecule has 1 heterocycles. The number of benzene rings is 1. The second kappa shape index (κ2) is 9.16. The molecule has 0 saturated carbocycles. The van der Waals surface area contributed by atoms with Gasteiger partial charge in [-0.3, -0.25) is 19.7 Å². The van der Waals surface area contributed by atoms with Gasteiger partial charge in [0.15, 0.2) is 6.61 Å². The van der Waals surface area contributed by atoms with Crippen LogP contribution >= 0.6 is 0 Å². The van der Waals surface area contributed by atoms with Crippen LogP contribution in [0.15, 0.2) is 30.3 Å². The molecule has 1 aliphatic rings. The Kier molecular flexibility index (Phi) is 6.92. The number of rotatable bonds is 5. The molecular formula is C19H25N3O5. The van der Waals surface area contributed by atoms with E-state index in [1.807, 2.05) is 30.3 Å². The number of esters is 1. The van der Waals surface area contributed by atoms with Crippen molar-refractivity contribution < 1.29 is 23.9 Å². The SMILES string of the molecule is CCNC(=O)NC(=O)COC(=O)C1(c2ccccc2)CCN(C(C)=O)CC1. The van der Waals surface area contributed by atoms with E-state index >= 15 is 0 Å². The Morgan fingerprint density at radius 1 is 1.11 bits per heavy atom. The smallest absolute Gasteiger partial charge is 0.321 e. The van der Waals surface area contributed by atoms with Crippen LogP contribution in [0.5, 0.6) is 0 Å². The van der Waals surface area contributed by atoms with Crippen LogP contribution in [0.3, 0.4) is 0 Å². The number of hydrogen-bond acceptors (Lipinski definition) is 5. The number of hydrogen-bond donors (Lipinski definition) is 2. The van der Waals surface area contributed by atoms with Gasteiger partial charge in [-0.05, 0) is 25.3 Å². The maximum Gasteiger partial charge on any atom is 0.321 e. The number of imide groups is 1. The normalized spacial score (nSPS) is 15.6. The van der Waals surface area contributed by atoms with Crippen molar-refractivity contribution in [3.63, 3.8) is 0 Å². The Balaban J connectivity index is 2.08. The summed E-state index contributed by atoms with van der Waals surface area (Å²) in [7, 11) is 0. The second-order valence-electron chi connectivity index (χ2n) is 6.44. The lowest BCUT2D eigenvalue weighted by molar-refractivity contribution is -0.157. The zero-order chi connectivity index (χ0) is 19.9. The molecule has 1 aromatic carbocycles. The fraction of sp³-hybridized carbons (Fsp3) is 0.474. The lowest BCUT2D eigenvalue weighted by Crippen LogP contribution is -2.50. The number of carbonyl (C=O) groups excluding carboxylic acids is 4. The van der Waals surface area contributed by atoms with Crippen molar-refractivity contribution in [2.45, 2.75) is 32.1 Å². The minimum atomic E-state index is -0.917. The summed E-state index contributed by atoms with van der Waals surface area (Å²) in [6.07, 6.45) is 0.820. The molecular weight excluding hydrogens is 350 g/mol. The maximum atomic E-state index is 12.9. The van der Waals surface area contributed by atoms with Crippen LogP contribution < -0.4 is 10.6 Å². The average molecular weight is 375 g/mol. The first-order chi connectivity index (χ1) is 12.9. The molecule has 27 heavy (non-hydrogen) atoms. The molecule has 0 aliphatic carbocycles. The molecule has 0 atom stereocenters. The van der Waals surface area contributed by atoms with E-state index in [1.54, 1.807) is 11.8 Å². The molecule has 8 nitrogen and oxygen atoms in total. The molecule has 0 aromatic heterocycles. The summed E-state index contributed by atoms with van der Waals surface area (Å²) in [4.78, 5) is 49.4. The van der Waals surface area contributed by atoms with E-state index in [4.69, 9.17) is 4.74 Å². The van der Waals surface area contributed by atoms with Gasteiger partial charge in [-0.25, -0.2) is 4.79 Å². The van der Waals surface area contributed by atoms with E-state index in [2.05, 4.69) is 10.6 Å². The van der Waals surface area contributed by atoms with Gasteiger partial charge in [-0.1, -0.05) is 30.3 Å². The number of likely N-dealkylation sites (tertiary alicyclic amines) is 1. The second-order valence-corrected chi connectivity index (χ2v) is 6.44. The molecule has 1 fully saturated rings. The molecule has 146 valence electrons. The van der Waals surface area contributed by atoms with Gasteiger partial charge >= 0.3 is 12.0 Å². The predicted octanol–water partition coefficient (Wildman–Crippen LogP) is 0.956. The third-order valence-electron chi connectivity index (χ3n) is 4.70. The van der Waals surface area contributed by atoms with Gasteiger partial charge in [0.2, 0.25) is 5.91 Å². The third-order valence-corrected chi connectivity index (χ3v) is 4.70. The Bertz CT molecular complexity index is 697. The quantitative estimate of drug-likeness (QED) is 0.746. The van der Waals surface area contributed by atoms with Crippen LogP contribution in [0.1, 0.15) is 32.3 Å². The summed E-state index contributed by atoms with van der Waals surface area (Å²) in [6.45, 7) is 3.93. The molecule has 2 N–H and O–H groups in total. The van der Waals surface area contributed by atoms with Crippen LogP contribution in [0.2, 0.25) is 0 Å². The Morgan fingerprint density at radius 3 is 2.30 bits per heavy atom. The molecule has 0 bridgehead atoms. The van der Waals surface area contributed by atoms with Gasteiger partial charge in [-0.15, -0.1) is 0 Å². The summed E-state index contributed by atoms with van der Waals surface area (Å²) < 4.78 is 5.24. The number of amides is 4. The molecule has 1 aromatic rings. The van der Waals surface area contributed by atoms with Gasteiger partial charge < -0.3 is 15.0 Å². The lowest BCUT2D eigenvalue weighted by atomic mass is 9.72. The molecule has 1 aliphatic heterocycles. The summed E-state index contributed by atoms with van der Waals surface area (Å²) in [5, 5.41) is 4.52. The van der Waals surface area contributed by atoms with Gasteiger partial charge in [-0.2, -0.15) is 0 Å². The van der Waals surface area contributed by atoms with E-state index in [1.165, 1.54) is 6.92 Å². The molecule has 0 unspecified atom stereocenters. The van der Waals surface area contributed by atoms with E-state index < -0.39 is 29.9 Å². The fourth-order valence-electron chi connectivity index (χ4n) is 3.21. The highest BCUT2D eigenvalue weighted by atomic mass is 16.5. The van der Waals surface area contributed by atoms with Gasteiger partial charge in [0.1, 0.15) is 0 Å². The van der Waals surface area contributed by atoms with Gasteiger partial charge in [0, 0.05) is 26.6 Å². The zero-order valence-electron chi connectivity index (χ0n) is 15.6. The number of piperidine rings is 1. The first-order valence-electron chi connectivity index (χ1n) is 8.95. The van der Waals surface area contributed by atoms with E-state index in [0.717, 1.165) is 5.56 Å². The maximum absolute atomic E-state index is 12.9. The van der Waals surface area contributed by atoms with Crippen LogP contribution in [0, 0.1) is 0 Å². The zero-order valence-corrected chi connectivity index (χ0v) is 15.6. The molecule has 0 radical (unpaired) electrons. The van der Waals surface area contributed by atoms with Crippen LogP contribution in [-0.4, -0.2) is 55.0 Å². The lowest BCUT2D eigenvalue weighted by Gasteiger charge is -2.40. The van der Waals surface area contributed by atoms with Crippen molar-refractivity contribution in [1.82, 2.24) is 15.5 Å². The van der Waals surface area contributed by atoms with Gasteiger partial charge in [0.25, 0.3) is 5.91 Å². The Labute approximate surface area is 158 Å². The largest absolute Gasteiger partial charge is 0.455 e. The number of ether oxygens (including phenoxy) is 1. The minimum absolute atomic E-state index is 0.0358. The van der Waals surface area contributed by atoms with Crippen molar-refractivity contribution >= 4 is 23.8 Å². The number of carbonyl (C=O) groups is 4. The van der Waals surface area contributed by atoms with E-state index in [0.29, 0.717) is 32.5 Å². The minimum Gasteiger partial charge on any atom is -0.455 e. The highest BCUT2D eigenvalue weighted by Crippen LogP contribution is 2.36. The average Bonchev–Trinajstić information content (AvgIpc) is 2.67. The highest BCUT2D eigenvalue weighted by Gasteiger charge is 2.44.